The minimum Gasteiger partial charge on any atom is -0.478 e. The molecule has 0 amide bonds. The van der Waals surface area contributed by atoms with E-state index in [2.05, 4.69) is 20.4 Å². The molecule has 0 unspecified atom stereocenters. The lowest BCUT2D eigenvalue weighted by Gasteiger charge is -2.32. The molecule has 2 heteroatoms. The Balaban J connectivity index is 2.22. The van der Waals surface area contributed by atoms with Crippen molar-refractivity contribution < 1.29 is 9.90 Å². The lowest BCUT2D eigenvalue weighted by molar-refractivity contribution is -0.132. The molecule has 3 atom stereocenters. The number of allylic oxidation sites excluding steroid dienone is 2. The first-order valence-electron chi connectivity index (χ1n) is 6.52. The van der Waals surface area contributed by atoms with Crippen LogP contribution in [-0.2, 0) is 4.79 Å². The topological polar surface area (TPSA) is 37.3 Å². The molecular formula is C15H22O2. The molecule has 2 rings (SSSR count). The van der Waals surface area contributed by atoms with Crippen LogP contribution >= 0.6 is 0 Å². The Morgan fingerprint density at radius 2 is 2.24 bits per heavy atom. The summed E-state index contributed by atoms with van der Waals surface area (Å²) in [7, 11) is 0. The monoisotopic (exact) mass is 234 g/mol. The van der Waals surface area contributed by atoms with Crippen molar-refractivity contribution in [3.8, 4) is 0 Å². The van der Waals surface area contributed by atoms with Gasteiger partial charge in [-0.25, -0.2) is 4.79 Å². The molecule has 2 aliphatic carbocycles. The lowest BCUT2D eigenvalue weighted by atomic mass is 9.72. The molecule has 0 radical (unpaired) electrons. The van der Waals surface area contributed by atoms with Crippen molar-refractivity contribution in [2.75, 3.05) is 0 Å². The van der Waals surface area contributed by atoms with Gasteiger partial charge in [0.25, 0.3) is 0 Å². The van der Waals surface area contributed by atoms with E-state index in [9.17, 15) is 4.79 Å². The molecule has 0 aromatic carbocycles. The van der Waals surface area contributed by atoms with Gasteiger partial charge in [0.1, 0.15) is 0 Å². The second kappa shape index (κ2) is 4.32. The molecule has 2 aliphatic rings. The standard InChI is InChI=1S/C15H22O2/c1-10(2)12-7-9-15(3)8-6-11(14(16)17)4-5-13(12)15/h6,12-13H,1,4-5,7-9H2,2-3H3,(H,16,17)/t12-,13+,15+/m1/s1. The number of carboxylic acid groups (broad SMARTS) is 1. The molecule has 1 fully saturated rings. The molecule has 0 heterocycles. The van der Waals surface area contributed by atoms with E-state index in [1.807, 2.05) is 6.08 Å². The Kier molecular flexibility index (Phi) is 3.15. The van der Waals surface area contributed by atoms with Crippen LogP contribution in [0.5, 0.6) is 0 Å². The maximum atomic E-state index is 11.1. The Hall–Kier alpha value is -1.05. The van der Waals surface area contributed by atoms with Crippen LogP contribution in [-0.4, -0.2) is 11.1 Å². The zero-order valence-corrected chi connectivity index (χ0v) is 10.8. The van der Waals surface area contributed by atoms with Gasteiger partial charge >= 0.3 is 5.97 Å². The smallest absolute Gasteiger partial charge is 0.331 e. The number of fused-ring (bicyclic) bond motifs is 1. The summed E-state index contributed by atoms with van der Waals surface area (Å²) >= 11 is 0. The Morgan fingerprint density at radius 3 is 2.82 bits per heavy atom. The highest BCUT2D eigenvalue weighted by atomic mass is 16.4. The summed E-state index contributed by atoms with van der Waals surface area (Å²) < 4.78 is 0. The van der Waals surface area contributed by atoms with Crippen molar-refractivity contribution in [2.45, 2.75) is 46.0 Å². The average molecular weight is 234 g/mol. The first kappa shape index (κ1) is 12.4. The minimum absolute atomic E-state index is 0.292. The summed E-state index contributed by atoms with van der Waals surface area (Å²) in [5.41, 5.74) is 2.18. The fourth-order valence-electron chi connectivity index (χ4n) is 3.71. The molecule has 94 valence electrons. The Bertz CT molecular complexity index is 380. The van der Waals surface area contributed by atoms with Crippen LogP contribution in [0.2, 0.25) is 0 Å². The van der Waals surface area contributed by atoms with Crippen LogP contribution < -0.4 is 0 Å². The van der Waals surface area contributed by atoms with Crippen LogP contribution in [0.3, 0.4) is 0 Å². The summed E-state index contributed by atoms with van der Waals surface area (Å²) in [5.74, 6) is 0.482. The fraction of sp³-hybridized carbons (Fsp3) is 0.667. The van der Waals surface area contributed by atoms with Crippen molar-refractivity contribution >= 4 is 5.97 Å². The molecule has 0 bridgehead atoms. The van der Waals surface area contributed by atoms with Crippen LogP contribution in [0.15, 0.2) is 23.8 Å². The first-order valence-corrected chi connectivity index (χ1v) is 6.52. The van der Waals surface area contributed by atoms with Gasteiger partial charge in [-0.05, 0) is 56.3 Å². The predicted octanol–water partition coefficient (Wildman–Crippen LogP) is 3.79. The molecule has 1 saturated carbocycles. The van der Waals surface area contributed by atoms with E-state index in [4.69, 9.17) is 5.11 Å². The summed E-state index contributed by atoms with van der Waals surface area (Å²) in [4.78, 5) is 11.1. The van der Waals surface area contributed by atoms with E-state index in [0.717, 1.165) is 19.3 Å². The highest BCUT2D eigenvalue weighted by Gasteiger charge is 2.45. The first-order chi connectivity index (χ1) is 7.94. The highest BCUT2D eigenvalue weighted by molar-refractivity contribution is 5.86. The third-order valence-electron chi connectivity index (χ3n) is 4.85. The molecule has 2 nitrogen and oxygen atoms in total. The quantitative estimate of drug-likeness (QED) is 0.738. The lowest BCUT2D eigenvalue weighted by Crippen LogP contribution is -2.24. The molecule has 0 spiro atoms. The van der Waals surface area contributed by atoms with E-state index < -0.39 is 5.97 Å². The molecule has 0 aromatic heterocycles. The number of aliphatic carboxylic acids is 1. The van der Waals surface area contributed by atoms with Gasteiger partial charge in [-0.15, -0.1) is 0 Å². The molecule has 1 N–H and O–H groups in total. The predicted molar refractivity (Wildman–Crippen MR) is 68.7 cm³/mol. The molecule has 17 heavy (non-hydrogen) atoms. The van der Waals surface area contributed by atoms with Crippen LogP contribution in [0, 0.1) is 17.3 Å². The van der Waals surface area contributed by atoms with Crippen LogP contribution in [0.25, 0.3) is 0 Å². The average Bonchev–Trinajstić information content (AvgIpc) is 2.47. The number of carboxylic acids is 1. The van der Waals surface area contributed by atoms with Gasteiger partial charge in [0, 0.05) is 5.57 Å². The van der Waals surface area contributed by atoms with Crippen molar-refractivity contribution in [3.63, 3.8) is 0 Å². The van der Waals surface area contributed by atoms with E-state index in [1.54, 1.807) is 0 Å². The fourth-order valence-corrected chi connectivity index (χ4v) is 3.71. The van der Waals surface area contributed by atoms with E-state index in [0.29, 0.717) is 22.8 Å². The molecular weight excluding hydrogens is 212 g/mol. The van der Waals surface area contributed by atoms with Gasteiger partial charge in [-0.1, -0.05) is 25.2 Å². The van der Waals surface area contributed by atoms with Gasteiger partial charge in [0.15, 0.2) is 0 Å². The SMILES string of the molecule is C=C(C)[C@H]1CC[C@]2(C)CC=C(C(=O)O)CC[C@@H]12. The van der Waals surface area contributed by atoms with Gasteiger partial charge in [-0.2, -0.15) is 0 Å². The molecule has 0 saturated heterocycles. The van der Waals surface area contributed by atoms with E-state index in [1.165, 1.54) is 18.4 Å². The van der Waals surface area contributed by atoms with Crippen molar-refractivity contribution in [1.82, 2.24) is 0 Å². The zero-order valence-electron chi connectivity index (χ0n) is 10.8. The Morgan fingerprint density at radius 1 is 1.53 bits per heavy atom. The summed E-state index contributed by atoms with van der Waals surface area (Å²) in [6, 6.07) is 0. The maximum Gasteiger partial charge on any atom is 0.331 e. The van der Waals surface area contributed by atoms with E-state index >= 15 is 0 Å². The number of carbonyl (C=O) groups is 1. The maximum absolute atomic E-state index is 11.1. The zero-order chi connectivity index (χ0) is 12.6. The van der Waals surface area contributed by atoms with E-state index in [-0.39, 0.29) is 0 Å². The molecule has 0 aromatic rings. The van der Waals surface area contributed by atoms with Gasteiger partial charge in [0.2, 0.25) is 0 Å². The number of hydrogen-bond donors (Lipinski definition) is 1. The summed E-state index contributed by atoms with van der Waals surface area (Å²) in [6.07, 6.45) is 7.04. The second-order valence-electron chi connectivity index (χ2n) is 6.03. The second-order valence-corrected chi connectivity index (χ2v) is 6.03. The van der Waals surface area contributed by atoms with Crippen LogP contribution in [0.4, 0.5) is 0 Å². The van der Waals surface area contributed by atoms with Gasteiger partial charge in [-0.3, -0.25) is 0 Å². The van der Waals surface area contributed by atoms with Gasteiger partial charge < -0.3 is 5.11 Å². The van der Waals surface area contributed by atoms with Gasteiger partial charge in [0.05, 0.1) is 0 Å². The summed E-state index contributed by atoms with van der Waals surface area (Å²) in [6.45, 7) is 8.55. The largest absolute Gasteiger partial charge is 0.478 e. The molecule has 0 aliphatic heterocycles. The third-order valence-corrected chi connectivity index (χ3v) is 4.85. The highest BCUT2D eigenvalue weighted by Crippen LogP contribution is 2.54. The van der Waals surface area contributed by atoms with Crippen molar-refractivity contribution in [3.05, 3.63) is 23.8 Å². The normalized spacial score (nSPS) is 36.9. The number of hydrogen-bond acceptors (Lipinski definition) is 1. The number of rotatable bonds is 2. The minimum atomic E-state index is -0.736. The third kappa shape index (κ3) is 2.18. The van der Waals surface area contributed by atoms with Crippen LogP contribution in [0.1, 0.15) is 46.0 Å². The summed E-state index contributed by atoms with van der Waals surface area (Å²) in [5, 5.41) is 9.10. The van der Waals surface area contributed by atoms with Crippen molar-refractivity contribution in [2.24, 2.45) is 17.3 Å². The van der Waals surface area contributed by atoms with Crippen molar-refractivity contribution in [1.29, 1.82) is 0 Å². The Labute approximate surface area is 103 Å².